The molecule has 0 aromatic carbocycles. The van der Waals surface area contributed by atoms with Gasteiger partial charge in [-0.2, -0.15) is 0 Å². The van der Waals surface area contributed by atoms with Gasteiger partial charge in [-0.05, 0) is 37.5 Å². The summed E-state index contributed by atoms with van der Waals surface area (Å²) in [4.78, 5) is 0. The highest BCUT2D eigenvalue weighted by atomic mass is 14.1. The molecule has 1 rings (SSSR count). The van der Waals surface area contributed by atoms with E-state index in [1.807, 2.05) is 0 Å². The predicted octanol–water partition coefficient (Wildman–Crippen LogP) is 4.50. The third-order valence-corrected chi connectivity index (χ3v) is 2.90. The Bertz CT molecular complexity index is 230. The van der Waals surface area contributed by atoms with Gasteiger partial charge in [0.2, 0.25) is 0 Å². The normalized spacial score (nSPS) is 24.2. The Kier molecular flexibility index (Phi) is 4.72. The van der Waals surface area contributed by atoms with Gasteiger partial charge in [-0.25, -0.2) is 0 Å². The summed E-state index contributed by atoms with van der Waals surface area (Å²) in [6.07, 6.45) is 13.9. The second-order valence-corrected chi connectivity index (χ2v) is 4.51. The first kappa shape index (κ1) is 11.3. The molecule has 0 amide bonds. The first-order chi connectivity index (χ1) is 6.70. The molecule has 0 saturated heterocycles. The summed E-state index contributed by atoms with van der Waals surface area (Å²) in [7, 11) is 0. The van der Waals surface area contributed by atoms with E-state index in [4.69, 9.17) is 0 Å². The first-order valence-corrected chi connectivity index (χ1v) is 5.71. The zero-order chi connectivity index (χ0) is 10.4. The SMILES string of the molecule is C=C1C=CC(C(C)C)CCC=CCC1. The molecule has 0 nitrogen and oxygen atoms in total. The molecule has 1 aliphatic rings. The average molecular weight is 190 g/mol. The van der Waals surface area contributed by atoms with Gasteiger partial charge in [0.05, 0.1) is 0 Å². The molecule has 0 saturated carbocycles. The smallest absolute Gasteiger partial charge is 0.0204 e. The summed E-state index contributed by atoms with van der Waals surface area (Å²) >= 11 is 0. The van der Waals surface area contributed by atoms with E-state index in [9.17, 15) is 0 Å². The lowest BCUT2D eigenvalue weighted by molar-refractivity contribution is 0.439. The summed E-state index contributed by atoms with van der Waals surface area (Å²) in [5.74, 6) is 1.46. The number of hydrogen-bond acceptors (Lipinski definition) is 0. The molecule has 0 spiro atoms. The molecule has 0 heteroatoms. The van der Waals surface area contributed by atoms with E-state index in [0.29, 0.717) is 0 Å². The van der Waals surface area contributed by atoms with Crippen molar-refractivity contribution in [3.8, 4) is 0 Å². The fourth-order valence-corrected chi connectivity index (χ4v) is 1.79. The summed E-state index contributed by atoms with van der Waals surface area (Å²) < 4.78 is 0. The van der Waals surface area contributed by atoms with E-state index in [1.54, 1.807) is 0 Å². The van der Waals surface area contributed by atoms with Crippen LogP contribution in [0, 0.1) is 11.8 Å². The van der Waals surface area contributed by atoms with Crippen LogP contribution in [0.15, 0.2) is 36.5 Å². The fraction of sp³-hybridized carbons (Fsp3) is 0.571. The molecule has 0 fully saturated rings. The molecule has 0 bridgehead atoms. The van der Waals surface area contributed by atoms with Crippen LogP contribution in [0.3, 0.4) is 0 Å². The highest BCUT2D eigenvalue weighted by molar-refractivity contribution is 5.16. The molecular weight excluding hydrogens is 168 g/mol. The Hall–Kier alpha value is -0.780. The average Bonchev–Trinajstić information content (AvgIpc) is 2.15. The van der Waals surface area contributed by atoms with Gasteiger partial charge in [-0.15, -0.1) is 0 Å². The minimum absolute atomic E-state index is 0.717. The van der Waals surface area contributed by atoms with Crippen molar-refractivity contribution in [2.45, 2.75) is 39.5 Å². The van der Waals surface area contributed by atoms with Crippen molar-refractivity contribution in [3.63, 3.8) is 0 Å². The number of allylic oxidation sites excluding steroid dienone is 5. The summed E-state index contributed by atoms with van der Waals surface area (Å²) in [6, 6.07) is 0. The van der Waals surface area contributed by atoms with Crippen LogP contribution in [0.2, 0.25) is 0 Å². The zero-order valence-corrected chi connectivity index (χ0v) is 9.50. The van der Waals surface area contributed by atoms with Crippen LogP contribution in [0.5, 0.6) is 0 Å². The number of hydrogen-bond donors (Lipinski definition) is 0. The van der Waals surface area contributed by atoms with Crippen LogP contribution < -0.4 is 0 Å². The van der Waals surface area contributed by atoms with Crippen LogP contribution in [-0.2, 0) is 0 Å². The van der Waals surface area contributed by atoms with Gasteiger partial charge in [-0.3, -0.25) is 0 Å². The van der Waals surface area contributed by atoms with Crippen molar-refractivity contribution in [3.05, 3.63) is 36.5 Å². The summed E-state index contributed by atoms with van der Waals surface area (Å²) in [5.41, 5.74) is 1.27. The summed E-state index contributed by atoms with van der Waals surface area (Å²) in [5, 5.41) is 0. The molecule has 0 N–H and O–H groups in total. The van der Waals surface area contributed by atoms with Crippen molar-refractivity contribution >= 4 is 0 Å². The van der Waals surface area contributed by atoms with Crippen LogP contribution >= 0.6 is 0 Å². The fourth-order valence-electron chi connectivity index (χ4n) is 1.79. The quantitative estimate of drug-likeness (QED) is 0.534. The molecule has 1 atom stereocenters. The first-order valence-electron chi connectivity index (χ1n) is 5.71. The summed E-state index contributed by atoms with van der Waals surface area (Å²) in [6.45, 7) is 8.66. The van der Waals surface area contributed by atoms with E-state index in [1.165, 1.54) is 18.4 Å². The largest absolute Gasteiger partial charge is 0.0958 e. The van der Waals surface area contributed by atoms with Crippen LogP contribution in [0.25, 0.3) is 0 Å². The third kappa shape index (κ3) is 3.95. The van der Waals surface area contributed by atoms with E-state index >= 15 is 0 Å². The lowest BCUT2D eigenvalue weighted by Crippen LogP contribution is -2.05. The molecule has 14 heavy (non-hydrogen) atoms. The Morgan fingerprint density at radius 2 is 2.00 bits per heavy atom. The standard InChI is InChI=1S/C14H22/c1-12(2)14-9-7-5-4-6-8-13(3)10-11-14/h4-5,10-12,14H,3,6-9H2,1-2H3. The van der Waals surface area contributed by atoms with Crippen molar-refractivity contribution in [1.82, 2.24) is 0 Å². The lowest BCUT2D eigenvalue weighted by Gasteiger charge is -2.16. The zero-order valence-electron chi connectivity index (χ0n) is 9.50. The highest BCUT2D eigenvalue weighted by Gasteiger charge is 2.08. The molecule has 1 unspecified atom stereocenters. The minimum atomic E-state index is 0.717. The van der Waals surface area contributed by atoms with Crippen LogP contribution in [0.4, 0.5) is 0 Å². The van der Waals surface area contributed by atoms with Crippen LogP contribution in [-0.4, -0.2) is 0 Å². The Morgan fingerprint density at radius 3 is 2.71 bits per heavy atom. The maximum Gasteiger partial charge on any atom is -0.0204 e. The van der Waals surface area contributed by atoms with Gasteiger partial charge in [0.25, 0.3) is 0 Å². The molecule has 0 aromatic heterocycles. The van der Waals surface area contributed by atoms with Gasteiger partial charge >= 0.3 is 0 Å². The van der Waals surface area contributed by atoms with E-state index in [2.05, 4.69) is 44.7 Å². The Balaban J connectivity index is 2.62. The van der Waals surface area contributed by atoms with Crippen molar-refractivity contribution in [2.75, 3.05) is 0 Å². The highest BCUT2D eigenvalue weighted by Crippen LogP contribution is 2.21. The molecule has 78 valence electrons. The van der Waals surface area contributed by atoms with E-state index in [-0.39, 0.29) is 0 Å². The molecule has 0 aromatic rings. The van der Waals surface area contributed by atoms with Crippen molar-refractivity contribution in [2.24, 2.45) is 11.8 Å². The predicted molar refractivity (Wildman–Crippen MR) is 64.2 cm³/mol. The molecule has 0 radical (unpaired) electrons. The second-order valence-electron chi connectivity index (χ2n) is 4.51. The van der Waals surface area contributed by atoms with E-state index < -0.39 is 0 Å². The Labute approximate surface area is 88.4 Å². The Morgan fingerprint density at radius 1 is 1.29 bits per heavy atom. The van der Waals surface area contributed by atoms with Crippen molar-refractivity contribution < 1.29 is 0 Å². The second kappa shape index (κ2) is 5.85. The van der Waals surface area contributed by atoms with E-state index in [0.717, 1.165) is 24.7 Å². The maximum atomic E-state index is 4.06. The van der Waals surface area contributed by atoms with Gasteiger partial charge in [0.15, 0.2) is 0 Å². The lowest BCUT2D eigenvalue weighted by atomic mass is 9.89. The minimum Gasteiger partial charge on any atom is -0.0958 e. The molecule has 0 heterocycles. The van der Waals surface area contributed by atoms with Gasteiger partial charge < -0.3 is 0 Å². The van der Waals surface area contributed by atoms with Gasteiger partial charge in [-0.1, -0.05) is 50.3 Å². The third-order valence-electron chi connectivity index (χ3n) is 2.90. The monoisotopic (exact) mass is 190 g/mol. The molecular formula is C14H22. The topological polar surface area (TPSA) is 0 Å². The molecule has 0 aliphatic heterocycles. The number of rotatable bonds is 1. The van der Waals surface area contributed by atoms with Crippen LogP contribution in [0.1, 0.15) is 39.5 Å². The van der Waals surface area contributed by atoms with Gasteiger partial charge in [0, 0.05) is 0 Å². The van der Waals surface area contributed by atoms with Crippen molar-refractivity contribution in [1.29, 1.82) is 0 Å². The maximum absolute atomic E-state index is 4.06. The van der Waals surface area contributed by atoms with Gasteiger partial charge in [0.1, 0.15) is 0 Å². The molecule has 1 aliphatic carbocycles.